The van der Waals surface area contributed by atoms with Crippen molar-refractivity contribution in [1.82, 2.24) is 5.32 Å². The molecule has 104 valence electrons. The molecule has 0 aliphatic heterocycles. The summed E-state index contributed by atoms with van der Waals surface area (Å²) >= 11 is 3.14. The first-order valence-electron chi connectivity index (χ1n) is 5.87. The molecule has 6 heteroatoms. The van der Waals surface area contributed by atoms with Crippen molar-refractivity contribution in [3.05, 3.63) is 34.1 Å². The van der Waals surface area contributed by atoms with Crippen molar-refractivity contribution in [2.45, 2.75) is 32.2 Å². The Kier molecular flexibility index (Phi) is 5.05. The van der Waals surface area contributed by atoms with Crippen molar-refractivity contribution < 1.29 is 19.1 Å². The summed E-state index contributed by atoms with van der Waals surface area (Å²) in [5.74, 6) is -2.27. The van der Waals surface area contributed by atoms with Gasteiger partial charge in [-0.15, -0.1) is 0 Å². The number of carbonyl (C=O) groups is 2. The van der Waals surface area contributed by atoms with E-state index in [1.165, 1.54) is 12.1 Å². The summed E-state index contributed by atoms with van der Waals surface area (Å²) in [6.07, 6.45) is 0.495. The maximum absolute atomic E-state index is 13.1. The minimum atomic E-state index is -1.33. The maximum Gasteiger partial charge on any atom is 0.329 e. The van der Waals surface area contributed by atoms with Crippen LogP contribution < -0.4 is 5.32 Å². The van der Waals surface area contributed by atoms with E-state index in [4.69, 9.17) is 0 Å². The number of amides is 1. The van der Waals surface area contributed by atoms with Gasteiger partial charge in [-0.05, 0) is 47.0 Å². The molecule has 0 radical (unpaired) electrons. The van der Waals surface area contributed by atoms with Crippen LogP contribution in [0.25, 0.3) is 0 Å². The van der Waals surface area contributed by atoms with Crippen LogP contribution in [-0.2, 0) is 4.79 Å². The van der Waals surface area contributed by atoms with E-state index >= 15 is 0 Å². The Morgan fingerprint density at radius 3 is 2.42 bits per heavy atom. The number of rotatable bonds is 5. The van der Waals surface area contributed by atoms with Crippen LogP contribution in [0, 0.1) is 5.82 Å². The summed E-state index contributed by atoms with van der Waals surface area (Å²) in [5, 5.41) is 11.7. The van der Waals surface area contributed by atoms with Gasteiger partial charge in [0.2, 0.25) is 0 Å². The number of nitrogens with one attached hydrogen (secondary N) is 1. The number of aliphatic carboxylic acids is 1. The second-order valence-corrected chi connectivity index (χ2v) is 5.03. The van der Waals surface area contributed by atoms with Gasteiger partial charge in [-0.25, -0.2) is 9.18 Å². The molecule has 2 N–H and O–H groups in total. The standard InChI is InChI=1S/C13H15BrFNO3/c1-3-13(4-2,12(18)19)16-11(17)9-7-8(15)5-6-10(9)14/h5-7H,3-4H2,1-2H3,(H,16,17)(H,18,19). The van der Waals surface area contributed by atoms with E-state index in [9.17, 15) is 19.1 Å². The molecule has 1 amide bonds. The lowest BCUT2D eigenvalue weighted by atomic mass is 9.92. The third-order valence-corrected chi connectivity index (χ3v) is 3.83. The number of halogens is 2. The highest BCUT2D eigenvalue weighted by atomic mass is 79.9. The molecule has 1 rings (SSSR count). The third kappa shape index (κ3) is 3.32. The van der Waals surface area contributed by atoms with Crippen LogP contribution in [0.15, 0.2) is 22.7 Å². The molecule has 0 saturated carbocycles. The zero-order valence-electron chi connectivity index (χ0n) is 10.7. The molecular formula is C13H15BrFNO3. The van der Waals surface area contributed by atoms with Crippen LogP contribution in [0.4, 0.5) is 4.39 Å². The molecule has 4 nitrogen and oxygen atoms in total. The molecule has 0 aliphatic carbocycles. The Labute approximate surface area is 119 Å². The van der Waals surface area contributed by atoms with Crippen LogP contribution in [0.1, 0.15) is 37.0 Å². The zero-order chi connectivity index (χ0) is 14.6. The van der Waals surface area contributed by atoms with Crippen molar-refractivity contribution in [3.63, 3.8) is 0 Å². The number of carbonyl (C=O) groups excluding carboxylic acids is 1. The molecular weight excluding hydrogens is 317 g/mol. The molecule has 0 atom stereocenters. The molecule has 1 aromatic rings. The summed E-state index contributed by atoms with van der Waals surface area (Å²) in [7, 11) is 0. The van der Waals surface area contributed by atoms with E-state index in [1.54, 1.807) is 13.8 Å². The smallest absolute Gasteiger partial charge is 0.329 e. The summed E-state index contributed by atoms with van der Waals surface area (Å²) in [4.78, 5) is 23.4. The fraction of sp³-hybridized carbons (Fsp3) is 0.385. The Morgan fingerprint density at radius 1 is 1.37 bits per heavy atom. The maximum atomic E-state index is 13.1. The van der Waals surface area contributed by atoms with Crippen LogP contribution in [0.2, 0.25) is 0 Å². The van der Waals surface area contributed by atoms with E-state index in [-0.39, 0.29) is 18.4 Å². The Morgan fingerprint density at radius 2 is 1.95 bits per heavy atom. The van der Waals surface area contributed by atoms with Crippen molar-refractivity contribution >= 4 is 27.8 Å². The fourth-order valence-corrected chi connectivity index (χ4v) is 2.17. The van der Waals surface area contributed by atoms with Gasteiger partial charge in [0.1, 0.15) is 11.4 Å². The third-order valence-electron chi connectivity index (χ3n) is 3.14. The lowest BCUT2D eigenvalue weighted by Crippen LogP contribution is -2.53. The topological polar surface area (TPSA) is 66.4 Å². The van der Waals surface area contributed by atoms with E-state index in [0.29, 0.717) is 4.47 Å². The van der Waals surface area contributed by atoms with E-state index in [2.05, 4.69) is 21.2 Å². The first-order valence-corrected chi connectivity index (χ1v) is 6.66. The number of carboxylic acid groups (broad SMARTS) is 1. The highest BCUT2D eigenvalue weighted by molar-refractivity contribution is 9.10. The van der Waals surface area contributed by atoms with Crippen molar-refractivity contribution in [2.24, 2.45) is 0 Å². The van der Waals surface area contributed by atoms with Gasteiger partial charge in [-0.1, -0.05) is 13.8 Å². The first kappa shape index (κ1) is 15.6. The lowest BCUT2D eigenvalue weighted by molar-refractivity contribution is -0.144. The lowest BCUT2D eigenvalue weighted by Gasteiger charge is -2.28. The number of hydrogen-bond donors (Lipinski definition) is 2. The Bertz CT molecular complexity index is 501. The summed E-state index contributed by atoms with van der Waals surface area (Å²) in [6, 6.07) is 3.69. The average Bonchev–Trinajstić information content (AvgIpc) is 2.38. The fourth-order valence-electron chi connectivity index (χ4n) is 1.74. The monoisotopic (exact) mass is 331 g/mol. The van der Waals surface area contributed by atoms with Gasteiger partial charge in [0.15, 0.2) is 0 Å². The number of hydrogen-bond acceptors (Lipinski definition) is 2. The summed E-state index contributed by atoms with van der Waals surface area (Å²) < 4.78 is 13.6. The van der Waals surface area contributed by atoms with E-state index < -0.39 is 23.2 Å². The molecule has 0 saturated heterocycles. The van der Waals surface area contributed by atoms with Gasteiger partial charge in [-0.2, -0.15) is 0 Å². The SMILES string of the molecule is CCC(CC)(NC(=O)c1cc(F)ccc1Br)C(=O)O. The number of carboxylic acids is 1. The van der Waals surface area contributed by atoms with Gasteiger partial charge in [0, 0.05) is 4.47 Å². The molecule has 0 fully saturated rings. The average molecular weight is 332 g/mol. The van der Waals surface area contributed by atoms with Crippen molar-refractivity contribution in [2.75, 3.05) is 0 Å². The molecule has 0 bridgehead atoms. The summed E-state index contributed by atoms with van der Waals surface area (Å²) in [6.45, 7) is 3.36. The van der Waals surface area contributed by atoms with Crippen LogP contribution in [-0.4, -0.2) is 22.5 Å². The first-order chi connectivity index (χ1) is 8.86. The van der Waals surface area contributed by atoms with Crippen LogP contribution >= 0.6 is 15.9 Å². The van der Waals surface area contributed by atoms with E-state index in [1.807, 2.05) is 0 Å². The van der Waals surface area contributed by atoms with E-state index in [0.717, 1.165) is 6.07 Å². The molecule has 0 heterocycles. The van der Waals surface area contributed by atoms with Gasteiger partial charge in [0.25, 0.3) is 5.91 Å². The molecule has 0 unspecified atom stereocenters. The predicted octanol–water partition coefficient (Wildman–Crippen LogP) is 2.96. The van der Waals surface area contributed by atoms with Crippen molar-refractivity contribution in [3.8, 4) is 0 Å². The largest absolute Gasteiger partial charge is 0.480 e. The summed E-state index contributed by atoms with van der Waals surface area (Å²) in [5.41, 5.74) is -1.25. The normalized spacial score (nSPS) is 11.2. The minimum absolute atomic E-state index is 0.0764. The Balaban J connectivity index is 3.07. The second-order valence-electron chi connectivity index (χ2n) is 4.17. The highest BCUT2D eigenvalue weighted by Crippen LogP contribution is 2.21. The molecule has 0 spiro atoms. The van der Waals surface area contributed by atoms with Crippen molar-refractivity contribution in [1.29, 1.82) is 0 Å². The molecule has 0 aliphatic rings. The Hall–Kier alpha value is -1.43. The van der Waals surface area contributed by atoms with Gasteiger partial charge in [-0.3, -0.25) is 4.79 Å². The highest BCUT2D eigenvalue weighted by Gasteiger charge is 2.36. The van der Waals surface area contributed by atoms with Gasteiger partial charge in [0.05, 0.1) is 5.56 Å². The second kappa shape index (κ2) is 6.14. The molecule has 19 heavy (non-hydrogen) atoms. The quantitative estimate of drug-likeness (QED) is 0.871. The number of benzene rings is 1. The molecule has 1 aromatic carbocycles. The van der Waals surface area contributed by atoms with Crippen LogP contribution in [0.5, 0.6) is 0 Å². The molecule has 0 aromatic heterocycles. The van der Waals surface area contributed by atoms with Gasteiger partial charge >= 0.3 is 5.97 Å². The minimum Gasteiger partial charge on any atom is -0.480 e. The zero-order valence-corrected chi connectivity index (χ0v) is 12.3. The van der Waals surface area contributed by atoms with Gasteiger partial charge < -0.3 is 10.4 Å². The predicted molar refractivity (Wildman–Crippen MR) is 72.5 cm³/mol. The van der Waals surface area contributed by atoms with Crippen LogP contribution in [0.3, 0.4) is 0 Å².